The second-order valence-electron chi connectivity index (χ2n) is 5.24. The summed E-state index contributed by atoms with van der Waals surface area (Å²) >= 11 is 11.9. The van der Waals surface area contributed by atoms with Gasteiger partial charge in [-0.15, -0.1) is 0 Å². The molecule has 0 saturated carbocycles. The summed E-state index contributed by atoms with van der Waals surface area (Å²) in [5.74, 6) is -0.263. The fourth-order valence-corrected chi connectivity index (χ4v) is 2.36. The maximum Gasteiger partial charge on any atom is 0.345 e. The standard InChI is InChI=1S/C17H15Cl2NO5/c1-3-10(2)24-17(21)13-9-12(5-6-15(13)20(22)23)25-16-7-4-11(18)8-14(16)19/h4-10H,3H2,1-2H3. The van der Waals surface area contributed by atoms with E-state index in [1.165, 1.54) is 24.3 Å². The quantitative estimate of drug-likeness (QED) is 0.365. The SMILES string of the molecule is CCC(C)OC(=O)c1cc(Oc2ccc(Cl)cc2Cl)ccc1[N+](=O)[O-]. The lowest BCUT2D eigenvalue weighted by molar-refractivity contribution is -0.385. The van der Waals surface area contributed by atoms with Crippen molar-refractivity contribution in [3.63, 3.8) is 0 Å². The number of carbonyl (C=O) groups is 1. The Morgan fingerprint density at radius 2 is 1.96 bits per heavy atom. The molecular formula is C17H15Cl2NO5. The molecular weight excluding hydrogens is 369 g/mol. The van der Waals surface area contributed by atoms with Crippen LogP contribution >= 0.6 is 23.2 Å². The summed E-state index contributed by atoms with van der Waals surface area (Å²) in [4.78, 5) is 22.7. The highest BCUT2D eigenvalue weighted by Crippen LogP contribution is 2.33. The molecule has 0 aliphatic heterocycles. The molecule has 2 rings (SSSR count). The number of nitro benzene ring substituents is 1. The van der Waals surface area contributed by atoms with E-state index in [0.717, 1.165) is 0 Å². The first kappa shape index (κ1) is 19.0. The minimum absolute atomic E-state index is 0.187. The average molecular weight is 384 g/mol. The number of carbonyl (C=O) groups excluding carboxylic acids is 1. The van der Waals surface area contributed by atoms with Crippen LogP contribution in [0.5, 0.6) is 11.5 Å². The molecule has 2 aromatic carbocycles. The maximum atomic E-state index is 12.2. The van der Waals surface area contributed by atoms with Crippen molar-refractivity contribution in [1.29, 1.82) is 0 Å². The van der Waals surface area contributed by atoms with Gasteiger partial charge in [-0.05, 0) is 37.6 Å². The Balaban J connectivity index is 2.36. The van der Waals surface area contributed by atoms with Crippen molar-refractivity contribution < 1.29 is 19.2 Å². The van der Waals surface area contributed by atoms with Crippen LogP contribution in [0.4, 0.5) is 5.69 Å². The van der Waals surface area contributed by atoms with Crippen molar-refractivity contribution in [1.82, 2.24) is 0 Å². The lowest BCUT2D eigenvalue weighted by atomic mass is 10.1. The van der Waals surface area contributed by atoms with Crippen LogP contribution in [0.3, 0.4) is 0 Å². The largest absolute Gasteiger partial charge is 0.459 e. The summed E-state index contributed by atoms with van der Waals surface area (Å²) < 4.78 is 10.8. The van der Waals surface area contributed by atoms with Gasteiger partial charge in [-0.3, -0.25) is 10.1 Å². The van der Waals surface area contributed by atoms with E-state index in [1.54, 1.807) is 19.1 Å². The molecule has 0 aromatic heterocycles. The lowest BCUT2D eigenvalue weighted by Crippen LogP contribution is -2.15. The van der Waals surface area contributed by atoms with Gasteiger partial charge in [0.1, 0.15) is 17.1 Å². The number of hydrogen-bond donors (Lipinski definition) is 0. The zero-order valence-electron chi connectivity index (χ0n) is 13.5. The van der Waals surface area contributed by atoms with Gasteiger partial charge in [0.2, 0.25) is 0 Å². The molecule has 8 heteroatoms. The molecule has 0 radical (unpaired) electrons. The summed E-state index contributed by atoms with van der Waals surface area (Å²) in [5, 5.41) is 11.9. The Bertz CT molecular complexity index is 810. The van der Waals surface area contributed by atoms with E-state index in [1.807, 2.05) is 6.92 Å². The third kappa shape index (κ3) is 4.84. The zero-order valence-corrected chi connectivity index (χ0v) is 15.0. The van der Waals surface area contributed by atoms with Crippen molar-refractivity contribution in [3.8, 4) is 11.5 Å². The smallest absolute Gasteiger partial charge is 0.345 e. The number of rotatable bonds is 6. The topological polar surface area (TPSA) is 78.7 Å². The Morgan fingerprint density at radius 3 is 2.56 bits per heavy atom. The molecule has 0 amide bonds. The van der Waals surface area contributed by atoms with Crippen LogP contribution in [0, 0.1) is 10.1 Å². The number of nitro groups is 1. The molecule has 0 fully saturated rings. The maximum absolute atomic E-state index is 12.2. The van der Waals surface area contributed by atoms with Gasteiger partial charge in [0, 0.05) is 17.2 Å². The summed E-state index contributed by atoms with van der Waals surface area (Å²) in [6, 6.07) is 8.47. The van der Waals surface area contributed by atoms with Crippen LogP contribution in [0.1, 0.15) is 30.6 Å². The molecule has 0 aliphatic carbocycles. The van der Waals surface area contributed by atoms with E-state index < -0.39 is 10.9 Å². The summed E-state index contributed by atoms with van der Waals surface area (Å²) in [6.45, 7) is 3.55. The molecule has 6 nitrogen and oxygen atoms in total. The minimum atomic E-state index is -0.784. The third-order valence-corrected chi connectivity index (χ3v) is 3.92. The molecule has 2 aromatic rings. The van der Waals surface area contributed by atoms with E-state index >= 15 is 0 Å². The summed E-state index contributed by atoms with van der Waals surface area (Å²) in [5.41, 5.74) is -0.546. The summed E-state index contributed by atoms with van der Waals surface area (Å²) in [6.07, 6.45) is 0.234. The van der Waals surface area contributed by atoms with Crippen LogP contribution < -0.4 is 4.74 Å². The van der Waals surface area contributed by atoms with Gasteiger partial charge in [0.25, 0.3) is 5.69 Å². The van der Waals surface area contributed by atoms with E-state index in [-0.39, 0.29) is 28.1 Å². The summed E-state index contributed by atoms with van der Waals surface area (Å²) in [7, 11) is 0. The predicted octanol–water partition coefficient (Wildman–Crippen LogP) is 5.65. The molecule has 1 unspecified atom stereocenters. The van der Waals surface area contributed by atoms with Gasteiger partial charge in [0.05, 0.1) is 16.0 Å². The monoisotopic (exact) mass is 383 g/mol. The zero-order chi connectivity index (χ0) is 18.6. The van der Waals surface area contributed by atoms with Gasteiger partial charge < -0.3 is 9.47 Å². The van der Waals surface area contributed by atoms with E-state index in [2.05, 4.69) is 0 Å². The average Bonchev–Trinajstić information content (AvgIpc) is 2.56. The Morgan fingerprint density at radius 1 is 1.24 bits per heavy atom. The highest BCUT2D eigenvalue weighted by Gasteiger charge is 2.24. The van der Waals surface area contributed by atoms with Crippen molar-refractivity contribution >= 4 is 34.9 Å². The lowest BCUT2D eigenvalue weighted by Gasteiger charge is -2.12. The van der Waals surface area contributed by atoms with Crippen LogP contribution in [-0.4, -0.2) is 17.0 Å². The molecule has 25 heavy (non-hydrogen) atoms. The number of nitrogens with zero attached hydrogens (tertiary/aromatic N) is 1. The number of halogens is 2. The van der Waals surface area contributed by atoms with Gasteiger partial charge in [-0.25, -0.2) is 4.79 Å². The number of esters is 1. The Labute approximate surface area is 154 Å². The number of benzene rings is 2. The second-order valence-corrected chi connectivity index (χ2v) is 6.08. The van der Waals surface area contributed by atoms with Crippen molar-refractivity contribution in [2.24, 2.45) is 0 Å². The van der Waals surface area contributed by atoms with Gasteiger partial charge >= 0.3 is 5.97 Å². The number of ether oxygens (including phenoxy) is 2. The number of hydrogen-bond acceptors (Lipinski definition) is 5. The van der Waals surface area contributed by atoms with Crippen LogP contribution in [0.2, 0.25) is 10.0 Å². The Hall–Kier alpha value is -2.31. The van der Waals surface area contributed by atoms with Crippen LogP contribution in [0.15, 0.2) is 36.4 Å². The van der Waals surface area contributed by atoms with E-state index in [9.17, 15) is 14.9 Å². The van der Waals surface area contributed by atoms with Crippen molar-refractivity contribution in [3.05, 3.63) is 62.1 Å². The fourth-order valence-electron chi connectivity index (χ4n) is 1.92. The van der Waals surface area contributed by atoms with Gasteiger partial charge in [0.15, 0.2) is 0 Å². The predicted molar refractivity (Wildman–Crippen MR) is 94.8 cm³/mol. The van der Waals surface area contributed by atoms with Crippen LogP contribution in [-0.2, 0) is 4.74 Å². The van der Waals surface area contributed by atoms with Gasteiger partial charge in [-0.2, -0.15) is 0 Å². The normalized spacial score (nSPS) is 11.7. The molecule has 0 heterocycles. The second kappa shape index (κ2) is 8.18. The fraction of sp³-hybridized carbons (Fsp3) is 0.235. The molecule has 132 valence electrons. The third-order valence-electron chi connectivity index (χ3n) is 3.39. The van der Waals surface area contributed by atoms with E-state index in [0.29, 0.717) is 17.2 Å². The van der Waals surface area contributed by atoms with Crippen molar-refractivity contribution in [2.45, 2.75) is 26.4 Å². The molecule has 0 bridgehead atoms. The molecule has 0 spiro atoms. The molecule has 0 saturated heterocycles. The molecule has 0 N–H and O–H groups in total. The Kier molecular flexibility index (Phi) is 6.22. The van der Waals surface area contributed by atoms with E-state index in [4.69, 9.17) is 32.7 Å². The highest BCUT2D eigenvalue weighted by atomic mass is 35.5. The first-order valence-corrected chi connectivity index (χ1v) is 8.19. The van der Waals surface area contributed by atoms with Crippen molar-refractivity contribution in [2.75, 3.05) is 0 Å². The minimum Gasteiger partial charge on any atom is -0.459 e. The van der Waals surface area contributed by atoms with Crippen LogP contribution in [0.25, 0.3) is 0 Å². The molecule has 0 aliphatic rings. The van der Waals surface area contributed by atoms with Gasteiger partial charge in [-0.1, -0.05) is 30.1 Å². The first-order chi connectivity index (χ1) is 11.8. The molecule has 1 atom stereocenters. The highest BCUT2D eigenvalue weighted by molar-refractivity contribution is 6.35. The first-order valence-electron chi connectivity index (χ1n) is 7.44.